The first-order valence-electron chi connectivity index (χ1n) is 9.75. The summed E-state index contributed by atoms with van der Waals surface area (Å²) in [5, 5.41) is 18.4. The van der Waals surface area contributed by atoms with Gasteiger partial charge in [0.15, 0.2) is 5.96 Å². The van der Waals surface area contributed by atoms with Gasteiger partial charge in [-0.05, 0) is 42.3 Å². The van der Waals surface area contributed by atoms with Crippen molar-refractivity contribution in [3.05, 3.63) is 57.8 Å². The first-order valence-corrected chi connectivity index (χ1v) is 10.6. The lowest BCUT2D eigenvalue weighted by Gasteiger charge is -2.29. The van der Waals surface area contributed by atoms with Crippen molar-refractivity contribution in [1.82, 2.24) is 15.5 Å². The highest BCUT2D eigenvalue weighted by Crippen LogP contribution is 2.14. The van der Waals surface area contributed by atoms with Crippen LogP contribution >= 0.6 is 35.3 Å². The number of thiophene rings is 1. The number of halogens is 1. The Balaban J connectivity index is 0.00000280. The van der Waals surface area contributed by atoms with Crippen LogP contribution in [-0.2, 0) is 19.6 Å². The van der Waals surface area contributed by atoms with Crippen LogP contribution in [0.1, 0.15) is 35.8 Å². The van der Waals surface area contributed by atoms with Gasteiger partial charge in [0.25, 0.3) is 0 Å². The van der Waals surface area contributed by atoms with Gasteiger partial charge in [-0.3, -0.25) is 4.90 Å². The summed E-state index contributed by atoms with van der Waals surface area (Å²) in [7, 11) is 0. The molecule has 0 spiro atoms. The van der Waals surface area contributed by atoms with E-state index in [9.17, 15) is 5.11 Å². The smallest absolute Gasteiger partial charge is 0.191 e. The zero-order valence-corrected chi connectivity index (χ0v) is 19.6. The van der Waals surface area contributed by atoms with Crippen LogP contribution in [0.25, 0.3) is 0 Å². The van der Waals surface area contributed by atoms with Crippen LogP contribution in [0.15, 0.2) is 46.8 Å². The Hall–Kier alpha value is -1.16. The molecule has 3 rings (SSSR count). The predicted octanol–water partition coefficient (Wildman–Crippen LogP) is 3.58. The Morgan fingerprint density at radius 3 is 2.50 bits per heavy atom. The normalized spacial score (nSPS) is 15.9. The minimum absolute atomic E-state index is 0. The summed E-state index contributed by atoms with van der Waals surface area (Å²) in [5.41, 5.74) is 2.53. The van der Waals surface area contributed by atoms with Gasteiger partial charge in [-0.25, -0.2) is 4.99 Å². The molecule has 2 heterocycles. The van der Waals surface area contributed by atoms with Crippen molar-refractivity contribution >= 4 is 41.3 Å². The minimum atomic E-state index is -0.110. The van der Waals surface area contributed by atoms with E-state index >= 15 is 0 Å². The van der Waals surface area contributed by atoms with Crippen LogP contribution in [0, 0.1) is 0 Å². The third kappa shape index (κ3) is 7.69. The van der Waals surface area contributed by atoms with Gasteiger partial charge in [-0.2, -0.15) is 0 Å². The molecule has 154 valence electrons. The first kappa shape index (κ1) is 23.1. The number of nitrogens with zero attached hydrogens (tertiary/aromatic N) is 2. The van der Waals surface area contributed by atoms with E-state index in [1.165, 1.54) is 16.0 Å². The molecule has 28 heavy (non-hydrogen) atoms. The fourth-order valence-electron chi connectivity index (χ4n) is 3.18. The highest BCUT2D eigenvalue weighted by molar-refractivity contribution is 14.0. The maximum absolute atomic E-state index is 9.61. The molecule has 0 saturated carbocycles. The van der Waals surface area contributed by atoms with Gasteiger partial charge in [0.2, 0.25) is 0 Å². The molecule has 7 heteroatoms. The molecule has 0 amide bonds. The Labute approximate surface area is 189 Å². The van der Waals surface area contributed by atoms with Crippen molar-refractivity contribution in [1.29, 1.82) is 0 Å². The zero-order valence-electron chi connectivity index (χ0n) is 16.4. The molecule has 3 N–H and O–H groups in total. The minimum Gasteiger partial charge on any atom is -0.393 e. The van der Waals surface area contributed by atoms with Crippen LogP contribution in [-0.4, -0.2) is 41.7 Å². The predicted molar refractivity (Wildman–Crippen MR) is 128 cm³/mol. The van der Waals surface area contributed by atoms with E-state index in [-0.39, 0.29) is 30.1 Å². The van der Waals surface area contributed by atoms with E-state index in [0.29, 0.717) is 6.54 Å². The topological polar surface area (TPSA) is 59.9 Å². The highest BCUT2D eigenvalue weighted by atomic mass is 127. The largest absolute Gasteiger partial charge is 0.393 e. The molecule has 1 aliphatic heterocycles. The number of benzene rings is 1. The lowest BCUT2D eigenvalue weighted by atomic mass is 10.1. The monoisotopic (exact) mass is 514 g/mol. The summed E-state index contributed by atoms with van der Waals surface area (Å²) >= 11 is 1.75. The molecule has 1 aromatic carbocycles. The number of piperidine rings is 1. The molecule has 0 bridgehead atoms. The van der Waals surface area contributed by atoms with Gasteiger partial charge >= 0.3 is 0 Å². The molecule has 0 atom stereocenters. The molecule has 0 unspecified atom stereocenters. The fraction of sp³-hybridized carbons (Fsp3) is 0.476. The number of hydrogen-bond donors (Lipinski definition) is 3. The maximum Gasteiger partial charge on any atom is 0.191 e. The molecular weight excluding hydrogens is 483 g/mol. The van der Waals surface area contributed by atoms with E-state index in [0.717, 1.165) is 51.5 Å². The summed E-state index contributed by atoms with van der Waals surface area (Å²) in [5.74, 6) is 0.849. The summed E-state index contributed by atoms with van der Waals surface area (Å²) in [6, 6.07) is 12.9. The number of hydrogen-bond acceptors (Lipinski definition) is 4. The van der Waals surface area contributed by atoms with Crippen molar-refractivity contribution in [2.24, 2.45) is 4.99 Å². The number of aliphatic hydroxyl groups excluding tert-OH is 1. The van der Waals surface area contributed by atoms with Gasteiger partial charge in [-0.1, -0.05) is 30.3 Å². The van der Waals surface area contributed by atoms with Gasteiger partial charge in [0.05, 0.1) is 19.2 Å². The Morgan fingerprint density at radius 1 is 1.14 bits per heavy atom. The fourth-order valence-corrected chi connectivity index (χ4v) is 3.83. The summed E-state index contributed by atoms with van der Waals surface area (Å²) < 4.78 is 0. The van der Waals surface area contributed by atoms with Gasteiger partial charge < -0.3 is 15.7 Å². The number of likely N-dealkylation sites (tertiary alicyclic amines) is 1. The van der Waals surface area contributed by atoms with E-state index in [4.69, 9.17) is 4.99 Å². The van der Waals surface area contributed by atoms with Crippen LogP contribution in [0.3, 0.4) is 0 Å². The average molecular weight is 514 g/mol. The molecule has 1 aliphatic rings. The lowest BCUT2D eigenvalue weighted by molar-refractivity contribution is 0.0792. The number of guanidine groups is 1. The van der Waals surface area contributed by atoms with Crippen molar-refractivity contribution in [3.8, 4) is 0 Å². The maximum atomic E-state index is 9.61. The van der Waals surface area contributed by atoms with Gasteiger partial charge in [-0.15, -0.1) is 35.3 Å². The van der Waals surface area contributed by atoms with Crippen LogP contribution < -0.4 is 10.6 Å². The van der Waals surface area contributed by atoms with E-state index in [1.54, 1.807) is 11.3 Å². The molecule has 5 nitrogen and oxygen atoms in total. The third-order valence-electron chi connectivity index (χ3n) is 4.76. The molecule has 1 saturated heterocycles. The summed E-state index contributed by atoms with van der Waals surface area (Å²) in [6.07, 6.45) is 1.66. The number of aliphatic hydroxyl groups is 1. The lowest BCUT2D eigenvalue weighted by Crippen LogP contribution is -2.36. The average Bonchev–Trinajstić information content (AvgIpc) is 3.21. The SMILES string of the molecule is CCNC(=NCc1ccc(CN2CCC(O)CC2)cc1)NCc1cccs1.I. The Kier molecular flexibility index (Phi) is 10.3. The molecule has 1 aromatic heterocycles. The van der Waals surface area contributed by atoms with Crippen molar-refractivity contribution < 1.29 is 5.11 Å². The standard InChI is InChI=1S/C21H30N4OS.HI/c1-2-22-21(24-15-20-4-3-13-27-20)23-14-17-5-7-18(8-6-17)16-25-11-9-19(26)10-12-25;/h3-8,13,19,26H,2,9-12,14-16H2,1H3,(H2,22,23,24);1H. The second kappa shape index (κ2) is 12.4. The van der Waals surface area contributed by atoms with Gasteiger partial charge in [0.1, 0.15) is 0 Å². The quantitative estimate of drug-likeness (QED) is 0.301. The number of rotatable bonds is 7. The Morgan fingerprint density at radius 2 is 1.86 bits per heavy atom. The second-order valence-electron chi connectivity index (χ2n) is 6.95. The van der Waals surface area contributed by atoms with Crippen molar-refractivity contribution in [2.45, 2.75) is 45.5 Å². The van der Waals surface area contributed by atoms with Crippen LogP contribution in [0.2, 0.25) is 0 Å². The zero-order chi connectivity index (χ0) is 18.9. The van der Waals surface area contributed by atoms with Crippen molar-refractivity contribution in [2.75, 3.05) is 19.6 Å². The molecule has 2 aromatic rings. The van der Waals surface area contributed by atoms with Gasteiger partial charge in [0, 0.05) is 31.1 Å². The van der Waals surface area contributed by atoms with Crippen molar-refractivity contribution in [3.63, 3.8) is 0 Å². The first-order chi connectivity index (χ1) is 13.2. The molecule has 0 radical (unpaired) electrons. The van der Waals surface area contributed by atoms with E-state index < -0.39 is 0 Å². The highest BCUT2D eigenvalue weighted by Gasteiger charge is 2.16. The van der Waals surface area contributed by atoms with Crippen LogP contribution in [0.4, 0.5) is 0 Å². The second-order valence-corrected chi connectivity index (χ2v) is 7.98. The molecular formula is C21H31IN4OS. The summed E-state index contributed by atoms with van der Waals surface area (Å²) in [6.45, 7) is 7.31. The molecule has 0 aliphatic carbocycles. The Bertz CT molecular complexity index is 698. The van der Waals surface area contributed by atoms with Crippen LogP contribution in [0.5, 0.6) is 0 Å². The number of nitrogens with one attached hydrogen (secondary N) is 2. The van der Waals surface area contributed by atoms with E-state index in [1.807, 2.05) is 0 Å². The summed E-state index contributed by atoms with van der Waals surface area (Å²) in [4.78, 5) is 8.41. The van der Waals surface area contributed by atoms with E-state index in [2.05, 4.69) is 64.2 Å². The third-order valence-corrected chi connectivity index (χ3v) is 5.64. The number of aliphatic imine (C=N–C) groups is 1. The molecule has 1 fully saturated rings.